The van der Waals surface area contributed by atoms with E-state index in [1.807, 2.05) is 25.3 Å². The zero-order chi connectivity index (χ0) is 20.4. The molecule has 2 heterocycles. The van der Waals surface area contributed by atoms with E-state index in [-0.39, 0.29) is 11.8 Å². The average molecular weight is 408 g/mol. The molecule has 2 aromatic heterocycles. The molecule has 28 heavy (non-hydrogen) atoms. The summed E-state index contributed by atoms with van der Waals surface area (Å²) in [5, 5.41) is 9.81. The Labute approximate surface area is 165 Å². The molecule has 0 radical (unpaired) electrons. The van der Waals surface area contributed by atoms with E-state index in [9.17, 15) is 13.6 Å². The molecule has 0 saturated heterocycles. The van der Waals surface area contributed by atoms with Crippen molar-refractivity contribution in [2.45, 2.75) is 39.8 Å². The first-order chi connectivity index (χ1) is 13.3. The van der Waals surface area contributed by atoms with Gasteiger partial charge in [-0.2, -0.15) is 5.10 Å². The Bertz CT molecular complexity index is 1050. The van der Waals surface area contributed by atoms with Crippen LogP contribution in [0.1, 0.15) is 32.6 Å². The number of amides is 1. The first kappa shape index (κ1) is 20.1. The first-order valence-electron chi connectivity index (χ1n) is 9.06. The van der Waals surface area contributed by atoms with Crippen LogP contribution in [0.2, 0.25) is 0 Å². The zero-order valence-electron chi connectivity index (χ0n) is 15.9. The van der Waals surface area contributed by atoms with Crippen LogP contribution in [0.3, 0.4) is 0 Å². The number of rotatable bonds is 7. The highest BCUT2D eigenvalue weighted by atomic mass is 32.1. The van der Waals surface area contributed by atoms with Gasteiger partial charge in [0.1, 0.15) is 11.9 Å². The second-order valence-electron chi connectivity index (χ2n) is 6.83. The van der Waals surface area contributed by atoms with Crippen LogP contribution in [0.15, 0.2) is 18.5 Å². The Hall–Kier alpha value is -2.62. The number of hydrogen-bond donors (Lipinski definition) is 2. The molecule has 0 spiro atoms. The number of aromatic nitrogens is 5. The van der Waals surface area contributed by atoms with E-state index in [1.54, 1.807) is 4.57 Å². The fourth-order valence-corrected chi connectivity index (χ4v) is 3.54. The molecule has 3 rings (SSSR count). The number of fused-ring (bicyclic) bond motifs is 1. The largest absolute Gasteiger partial charge is 0.354 e. The van der Waals surface area contributed by atoms with Crippen molar-refractivity contribution < 1.29 is 13.6 Å². The maximum absolute atomic E-state index is 13.7. The highest BCUT2D eigenvalue weighted by Crippen LogP contribution is 2.25. The maximum atomic E-state index is 13.7. The summed E-state index contributed by atoms with van der Waals surface area (Å²) in [5.74, 6) is -1.49. The van der Waals surface area contributed by atoms with Crippen LogP contribution in [0.25, 0.3) is 11.0 Å². The fourth-order valence-electron chi connectivity index (χ4n) is 3.26. The molecule has 7 nitrogen and oxygen atoms in total. The summed E-state index contributed by atoms with van der Waals surface area (Å²) in [7, 11) is 0. The van der Waals surface area contributed by atoms with E-state index in [1.165, 1.54) is 6.33 Å². The minimum Gasteiger partial charge on any atom is -0.354 e. The molecule has 3 aromatic rings. The highest BCUT2D eigenvalue weighted by molar-refractivity contribution is 7.71. The topological polar surface area (TPSA) is 80.5 Å². The molecule has 1 atom stereocenters. The predicted molar refractivity (Wildman–Crippen MR) is 103 cm³/mol. The Balaban J connectivity index is 1.78. The van der Waals surface area contributed by atoms with Crippen molar-refractivity contribution in [2.24, 2.45) is 5.92 Å². The zero-order valence-corrected chi connectivity index (χ0v) is 16.7. The Morgan fingerprint density at radius 3 is 2.71 bits per heavy atom. The van der Waals surface area contributed by atoms with E-state index < -0.39 is 17.7 Å². The van der Waals surface area contributed by atoms with Crippen LogP contribution < -0.4 is 5.32 Å². The molecule has 2 N–H and O–H groups in total. The number of hydrogen-bond acceptors (Lipinski definition) is 4. The summed E-state index contributed by atoms with van der Waals surface area (Å²) in [6.45, 7) is 6.80. The molecular weight excluding hydrogens is 386 g/mol. The third-order valence-electron chi connectivity index (χ3n) is 4.62. The highest BCUT2D eigenvalue weighted by Gasteiger charge is 2.26. The number of H-pyrrole nitrogens is 1. The van der Waals surface area contributed by atoms with Crippen LogP contribution >= 0.6 is 12.2 Å². The molecule has 0 bridgehead atoms. The summed E-state index contributed by atoms with van der Waals surface area (Å²) < 4.78 is 31.1. The lowest BCUT2D eigenvalue weighted by Gasteiger charge is -2.22. The van der Waals surface area contributed by atoms with Crippen LogP contribution in [-0.4, -0.2) is 36.8 Å². The molecule has 1 amide bonds. The van der Waals surface area contributed by atoms with Gasteiger partial charge in [0, 0.05) is 31.6 Å². The molecule has 0 aliphatic heterocycles. The number of aromatic amines is 1. The maximum Gasteiger partial charge on any atom is 0.243 e. The summed E-state index contributed by atoms with van der Waals surface area (Å²) >= 11 is 5.16. The lowest BCUT2D eigenvalue weighted by molar-refractivity contribution is -0.125. The van der Waals surface area contributed by atoms with Crippen molar-refractivity contribution in [1.29, 1.82) is 0 Å². The minimum atomic E-state index is -0.973. The average Bonchev–Trinajstić information content (AvgIpc) is 3.19. The van der Waals surface area contributed by atoms with E-state index >= 15 is 0 Å². The standard InChI is InChI=1S/C18H22F2N6OS/c1-4-25-15(23-24-18(25)28)5-6-21-17(27)16(10(2)3)26-9-22-13-7-11(19)12(20)8-14(13)26/h7-10,16H,4-6H2,1-3H3,(H,21,27)(H,24,28). The third-order valence-corrected chi connectivity index (χ3v) is 4.93. The SMILES string of the molecule is CCn1c(CCNC(=O)C(C(C)C)n2cnc3cc(F)c(F)cc32)n[nH]c1=S. The first-order valence-corrected chi connectivity index (χ1v) is 9.47. The van der Waals surface area contributed by atoms with Gasteiger partial charge in [0.15, 0.2) is 16.4 Å². The Morgan fingerprint density at radius 1 is 1.32 bits per heavy atom. The smallest absolute Gasteiger partial charge is 0.243 e. The van der Waals surface area contributed by atoms with Gasteiger partial charge in [-0.25, -0.2) is 13.8 Å². The van der Waals surface area contributed by atoms with Crippen LogP contribution in [0.5, 0.6) is 0 Å². The second-order valence-corrected chi connectivity index (χ2v) is 7.21. The predicted octanol–water partition coefficient (Wildman–Crippen LogP) is 3.14. The van der Waals surface area contributed by atoms with Gasteiger partial charge in [-0.3, -0.25) is 9.89 Å². The molecule has 1 unspecified atom stereocenters. The Morgan fingerprint density at radius 2 is 2.04 bits per heavy atom. The normalized spacial score (nSPS) is 12.6. The molecular formula is C18H22F2N6OS. The van der Waals surface area contributed by atoms with Crippen LogP contribution in [0, 0.1) is 22.3 Å². The molecule has 150 valence electrons. The van der Waals surface area contributed by atoms with Gasteiger partial charge in [-0.05, 0) is 25.1 Å². The third kappa shape index (κ3) is 3.82. The van der Waals surface area contributed by atoms with Gasteiger partial charge in [0.2, 0.25) is 5.91 Å². The fraction of sp³-hybridized carbons (Fsp3) is 0.444. The van der Waals surface area contributed by atoms with Gasteiger partial charge < -0.3 is 14.5 Å². The molecule has 0 aliphatic rings. The lowest BCUT2D eigenvalue weighted by Crippen LogP contribution is -2.36. The van der Waals surface area contributed by atoms with Crippen molar-refractivity contribution in [2.75, 3.05) is 6.54 Å². The number of imidazole rings is 1. The lowest BCUT2D eigenvalue weighted by atomic mass is 10.0. The molecule has 10 heteroatoms. The summed E-state index contributed by atoms with van der Waals surface area (Å²) in [6, 6.07) is 1.49. The van der Waals surface area contributed by atoms with E-state index in [0.717, 1.165) is 18.0 Å². The summed E-state index contributed by atoms with van der Waals surface area (Å²) in [6.07, 6.45) is 1.96. The van der Waals surface area contributed by atoms with Crippen LogP contribution in [0.4, 0.5) is 8.78 Å². The van der Waals surface area contributed by atoms with Gasteiger partial charge in [-0.15, -0.1) is 0 Å². The summed E-state index contributed by atoms with van der Waals surface area (Å²) in [5.41, 5.74) is 0.676. The van der Waals surface area contributed by atoms with Crippen molar-refractivity contribution in [3.63, 3.8) is 0 Å². The van der Waals surface area contributed by atoms with Gasteiger partial charge in [-0.1, -0.05) is 13.8 Å². The second kappa shape index (κ2) is 8.17. The van der Waals surface area contributed by atoms with Crippen molar-refractivity contribution in [3.05, 3.63) is 40.7 Å². The van der Waals surface area contributed by atoms with E-state index in [4.69, 9.17) is 12.2 Å². The quantitative estimate of drug-likeness (QED) is 0.589. The van der Waals surface area contributed by atoms with E-state index in [0.29, 0.717) is 35.3 Å². The van der Waals surface area contributed by atoms with Gasteiger partial charge in [0.05, 0.1) is 17.4 Å². The van der Waals surface area contributed by atoms with Crippen molar-refractivity contribution in [3.8, 4) is 0 Å². The molecule has 0 saturated carbocycles. The van der Waals surface area contributed by atoms with Crippen molar-refractivity contribution >= 4 is 29.2 Å². The molecule has 0 aliphatic carbocycles. The number of benzene rings is 1. The minimum absolute atomic E-state index is 0.0873. The van der Waals surface area contributed by atoms with Gasteiger partial charge >= 0.3 is 0 Å². The van der Waals surface area contributed by atoms with Crippen molar-refractivity contribution in [1.82, 2.24) is 29.6 Å². The molecule has 1 aromatic carbocycles. The molecule has 0 fully saturated rings. The number of carbonyl (C=O) groups excluding carboxylic acids is 1. The Kier molecular flexibility index (Phi) is 5.87. The number of nitrogens with one attached hydrogen (secondary N) is 2. The number of halogens is 2. The monoisotopic (exact) mass is 408 g/mol. The number of carbonyl (C=O) groups is 1. The number of nitrogens with zero attached hydrogens (tertiary/aromatic N) is 4. The summed E-state index contributed by atoms with van der Waals surface area (Å²) in [4.78, 5) is 17.0. The van der Waals surface area contributed by atoms with Crippen LogP contribution in [-0.2, 0) is 17.8 Å². The van der Waals surface area contributed by atoms with Gasteiger partial charge in [0.25, 0.3) is 0 Å². The van der Waals surface area contributed by atoms with E-state index in [2.05, 4.69) is 20.5 Å².